The van der Waals surface area contributed by atoms with E-state index in [1.165, 1.54) is 4.31 Å². The van der Waals surface area contributed by atoms with Crippen LogP contribution in [0.25, 0.3) is 11.6 Å². The standard InChI is InChI=1S/C16H17N5O3S/c1-11-17-16(24-19-11)15-13-10-21(9-8-14(13)20(2)18-15)25(22,23)12-6-4-3-5-7-12/h3-7H,8-10H2,1-2H3. The van der Waals surface area contributed by atoms with Crippen molar-refractivity contribution in [1.82, 2.24) is 24.2 Å². The van der Waals surface area contributed by atoms with E-state index < -0.39 is 10.0 Å². The monoisotopic (exact) mass is 359 g/mol. The summed E-state index contributed by atoms with van der Waals surface area (Å²) in [7, 11) is -1.72. The van der Waals surface area contributed by atoms with Crippen LogP contribution in [0.5, 0.6) is 0 Å². The molecule has 130 valence electrons. The molecule has 0 aliphatic carbocycles. The average Bonchev–Trinajstić information content (AvgIpc) is 3.19. The van der Waals surface area contributed by atoms with E-state index in [9.17, 15) is 8.42 Å². The summed E-state index contributed by atoms with van der Waals surface area (Å²) in [5, 5.41) is 8.26. The lowest BCUT2D eigenvalue weighted by molar-refractivity contribution is 0.385. The Morgan fingerprint density at radius 1 is 1.20 bits per heavy atom. The summed E-state index contributed by atoms with van der Waals surface area (Å²) < 4.78 is 34.3. The quantitative estimate of drug-likeness (QED) is 0.704. The Bertz CT molecular complexity index is 1020. The lowest BCUT2D eigenvalue weighted by Crippen LogP contribution is -2.36. The summed E-state index contributed by atoms with van der Waals surface area (Å²) in [6, 6.07) is 8.45. The third-order valence-corrected chi connectivity index (χ3v) is 6.18. The van der Waals surface area contributed by atoms with Crippen LogP contribution >= 0.6 is 0 Å². The normalized spacial score (nSPS) is 15.3. The third kappa shape index (κ3) is 2.65. The van der Waals surface area contributed by atoms with Gasteiger partial charge in [-0.3, -0.25) is 4.68 Å². The van der Waals surface area contributed by atoms with E-state index in [1.54, 1.807) is 41.9 Å². The molecule has 1 aromatic carbocycles. The molecule has 0 amide bonds. The van der Waals surface area contributed by atoms with Crippen molar-refractivity contribution >= 4 is 10.0 Å². The minimum Gasteiger partial charge on any atom is -0.332 e. The van der Waals surface area contributed by atoms with Crippen molar-refractivity contribution in [3.8, 4) is 11.6 Å². The smallest absolute Gasteiger partial charge is 0.278 e. The molecule has 25 heavy (non-hydrogen) atoms. The maximum Gasteiger partial charge on any atom is 0.278 e. The molecule has 1 aliphatic heterocycles. The van der Waals surface area contributed by atoms with Crippen molar-refractivity contribution in [3.05, 3.63) is 47.4 Å². The first-order chi connectivity index (χ1) is 12.0. The molecule has 1 aliphatic rings. The fourth-order valence-electron chi connectivity index (χ4n) is 3.08. The largest absolute Gasteiger partial charge is 0.332 e. The van der Waals surface area contributed by atoms with Gasteiger partial charge >= 0.3 is 0 Å². The number of hydrogen-bond donors (Lipinski definition) is 0. The Morgan fingerprint density at radius 3 is 2.64 bits per heavy atom. The van der Waals surface area contributed by atoms with Crippen molar-refractivity contribution in [2.24, 2.45) is 7.05 Å². The highest BCUT2D eigenvalue weighted by molar-refractivity contribution is 7.89. The second kappa shape index (κ2) is 5.78. The Kier molecular flexibility index (Phi) is 3.69. The Morgan fingerprint density at radius 2 is 1.96 bits per heavy atom. The first-order valence-corrected chi connectivity index (χ1v) is 9.31. The molecular formula is C16H17N5O3S. The summed E-state index contributed by atoms with van der Waals surface area (Å²) in [4.78, 5) is 4.52. The van der Waals surface area contributed by atoms with Crippen molar-refractivity contribution in [1.29, 1.82) is 0 Å². The fourth-order valence-corrected chi connectivity index (χ4v) is 4.51. The van der Waals surface area contributed by atoms with Crippen LogP contribution < -0.4 is 0 Å². The van der Waals surface area contributed by atoms with Crippen LogP contribution in [-0.2, 0) is 30.0 Å². The molecule has 0 saturated carbocycles. The number of aryl methyl sites for hydroxylation is 2. The molecule has 0 fully saturated rings. The molecule has 0 saturated heterocycles. The highest BCUT2D eigenvalue weighted by atomic mass is 32.2. The number of rotatable bonds is 3. The van der Waals surface area contributed by atoms with Gasteiger partial charge in [-0.2, -0.15) is 14.4 Å². The average molecular weight is 359 g/mol. The fraction of sp³-hybridized carbons (Fsp3) is 0.312. The van der Waals surface area contributed by atoms with E-state index in [0.29, 0.717) is 30.4 Å². The van der Waals surface area contributed by atoms with Gasteiger partial charge < -0.3 is 4.52 Å². The molecule has 0 spiro atoms. The molecule has 0 atom stereocenters. The lowest BCUT2D eigenvalue weighted by atomic mass is 10.1. The SMILES string of the molecule is Cc1noc(-c2nn(C)c3c2CN(S(=O)(=O)c2ccccc2)CC3)n1. The molecule has 4 rings (SSSR count). The maximum atomic E-state index is 12.9. The van der Waals surface area contributed by atoms with Crippen LogP contribution in [0.4, 0.5) is 0 Å². The second-order valence-electron chi connectivity index (χ2n) is 5.95. The van der Waals surface area contributed by atoms with Gasteiger partial charge in [0.15, 0.2) is 11.5 Å². The van der Waals surface area contributed by atoms with E-state index in [1.807, 2.05) is 7.05 Å². The van der Waals surface area contributed by atoms with Gasteiger partial charge in [-0.1, -0.05) is 23.4 Å². The number of nitrogens with zero attached hydrogens (tertiary/aromatic N) is 5. The van der Waals surface area contributed by atoms with Gasteiger partial charge in [0.05, 0.1) is 4.90 Å². The molecule has 8 nitrogen and oxygen atoms in total. The van der Waals surface area contributed by atoms with Gasteiger partial charge in [-0.05, 0) is 19.1 Å². The van der Waals surface area contributed by atoms with Gasteiger partial charge in [0.1, 0.15) is 0 Å². The van der Waals surface area contributed by atoms with Crippen LogP contribution in [0.15, 0.2) is 39.8 Å². The topological polar surface area (TPSA) is 94.1 Å². The molecule has 0 radical (unpaired) electrons. The van der Waals surface area contributed by atoms with Gasteiger partial charge in [-0.15, -0.1) is 0 Å². The molecule has 0 unspecified atom stereocenters. The summed E-state index contributed by atoms with van der Waals surface area (Å²) >= 11 is 0. The van der Waals surface area contributed by atoms with E-state index in [0.717, 1.165) is 11.3 Å². The van der Waals surface area contributed by atoms with E-state index in [-0.39, 0.29) is 11.4 Å². The zero-order valence-electron chi connectivity index (χ0n) is 13.9. The molecule has 0 N–H and O–H groups in total. The maximum absolute atomic E-state index is 12.9. The van der Waals surface area contributed by atoms with Crippen LogP contribution in [-0.4, -0.2) is 39.2 Å². The zero-order valence-corrected chi connectivity index (χ0v) is 14.7. The number of aromatic nitrogens is 4. The second-order valence-corrected chi connectivity index (χ2v) is 7.88. The first kappa shape index (κ1) is 16.0. The highest BCUT2D eigenvalue weighted by Crippen LogP contribution is 2.31. The minimum atomic E-state index is -3.56. The van der Waals surface area contributed by atoms with Crippen LogP contribution in [0.3, 0.4) is 0 Å². The van der Waals surface area contributed by atoms with Crippen LogP contribution in [0.2, 0.25) is 0 Å². The molecule has 3 heterocycles. The van der Waals surface area contributed by atoms with Gasteiger partial charge in [-0.25, -0.2) is 8.42 Å². The summed E-state index contributed by atoms with van der Waals surface area (Å²) in [6.45, 7) is 2.37. The lowest BCUT2D eigenvalue weighted by Gasteiger charge is -2.26. The van der Waals surface area contributed by atoms with Gasteiger partial charge in [0.2, 0.25) is 10.0 Å². The van der Waals surface area contributed by atoms with Crippen molar-refractivity contribution in [3.63, 3.8) is 0 Å². The van der Waals surface area contributed by atoms with Gasteiger partial charge in [0.25, 0.3) is 5.89 Å². The zero-order chi connectivity index (χ0) is 17.6. The van der Waals surface area contributed by atoms with E-state index in [2.05, 4.69) is 15.2 Å². The summed E-state index contributed by atoms with van der Waals surface area (Å²) in [5.41, 5.74) is 2.35. The van der Waals surface area contributed by atoms with E-state index in [4.69, 9.17) is 4.52 Å². The molecular weight excluding hydrogens is 342 g/mol. The first-order valence-electron chi connectivity index (χ1n) is 7.87. The number of benzene rings is 1. The predicted octanol–water partition coefficient (Wildman–Crippen LogP) is 1.53. The Balaban J connectivity index is 1.74. The molecule has 9 heteroatoms. The molecule has 0 bridgehead atoms. The third-order valence-electron chi connectivity index (χ3n) is 4.32. The predicted molar refractivity (Wildman–Crippen MR) is 89.0 cm³/mol. The van der Waals surface area contributed by atoms with Crippen molar-refractivity contribution in [2.45, 2.75) is 24.8 Å². The van der Waals surface area contributed by atoms with Crippen molar-refractivity contribution < 1.29 is 12.9 Å². The summed E-state index contributed by atoms with van der Waals surface area (Å²) in [6.07, 6.45) is 0.581. The minimum absolute atomic E-state index is 0.233. The highest BCUT2D eigenvalue weighted by Gasteiger charge is 2.33. The van der Waals surface area contributed by atoms with Gasteiger partial charge in [0, 0.05) is 37.8 Å². The molecule has 2 aromatic heterocycles. The summed E-state index contributed by atoms with van der Waals surface area (Å²) in [5.74, 6) is 0.826. The number of fused-ring (bicyclic) bond motifs is 1. The number of sulfonamides is 1. The van der Waals surface area contributed by atoms with Crippen molar-refractivity contribution in [2.75, 3.05) is 6.54 Å². The van der Waals surface area contributed by atoms with E-state index >= 15 is 0 Å². The Hall–Kier alpha value is -2.52. The molecule has 3 aromatic rings. The van der Waals surface area contributed by atoms with Crippen LogP contribution in [0.1, 0.15) is 17.1 Å². The van der Waals surface area contributed by atoms with Crippen LogP contribution in [0, 0.1) is 6.92 Å². The Labute approximate surface area is 145 Å². The number of hydrogen-bond acceptors (Lipinski definition) is 6.